The van der Waals surface area contributed by atoms with Gasteiger partial charge in [0.1, 0.15) is 0 Å². The molecule has 0 aliphatic rings. The molecule has 2 aromatic rings. The van der Waals surface area contributed by atoms with Crippen LogP contribution in [0.15, 0.2) is 5.38 Å². The van der Waals surface area contributed by atoms with Crippen LogP contribution < -0.4 is 10.6 Å². The van der Waals surface area contributed by atoms with E-state index in [0.717, 1.165) is 28.5 Å². The van der Waals surface area contributed by atoms with E-state index in [4.69, 9.17) is 0 Å². The Balaban J connectivity index is 1.89. The second-order valence-corrected chi connectivity index (χ2v) is 7.07. The molecule has 23 heavy (non-hydrogen) atoms. The van der Waals surface area contributed by atoms with Gasteiger partial charge < -0.3 is 10.6 Å². The van der Waals surface area contributed by atoms with Crippen molar-refractivity contribution in [1.29, 1.82) is 0 Å². The van der Waals surface area contributed by atoms with E-state index >= 15 is 0 Å². The molecule has 2 rings (SSSR count). The first-order valence-corrected chi connectivity index (χ1v) is 8.64. The summed E-state index contributed by atoms with van der Waals surface area (Å²) in [7, 11) is 1.94. The molecule has 0 bridgehead atoms. The lowest BCUT2D eigenvalue weighted by Crippen LogP contribution is -2.42. The van der Waals surface area contributed by atoms with Gasteiger partial charge in [-0.2, -0.15) is 5.10 Å². The van der Waals surface area contributed by atoms with Crippen molar-refractivity contribution in [3.8, 4) is 0 Å². The number of nitrogens with zero attached hydrogens (tertiary/aromatic N) is 3. The Morgan fingerprint density at radius 2 is 2.00 bits per heavy atom. The quantitative estimate of drug-likeness (QED) is 0.882. The minimum atomic E-state index is -0.171. The molecule has 0 radical (unpaired) electrons. The van der Waals surface area contributed by atoms with Gasteiger partial charge in [-0.05, 0) is 46.6 Å². The van der Waals surface area contributed by atoms with Gasteiger partial charge >= 0.3 is 6.03 Å². The zero-order valence-electron chi connectivity index (χ0n) is 14.6. The number of aryl methyl sites for hydroxylation is 3. The van der Waals surface area contributed by atoms with Gasteiger partial charge in [0.25, 0.3) is 0 Å². The summed E-state index contributed by atoms with van der Waals surface area (Å²) in [6.07, 6.45) is 0.767. The van der Waals surface area contributed by atoms with E-state index in [1.165, 1.54) is 5.56 Å². The Morgan fingerprint density at radius 1 is 1.30 bits per heavy atom. The molecule has 0 fully saturated rings. The molecule has 0 aliphatic carbocycles. The van der Waals surface area contributed by atoms with Crippen molar-refractivity contribution in [2.24, 2.45) is 7.05 Å². The summed E-state index contributed by atoms with van der Waals surface area (Å²) in [5.74, 6) is 0. The van der Waals surface area contributed by atoms with Crippen LogP contribution in [-0.4, -0.2) is 26.8 Å². The molecule has 0 spiro atoms. The standard InChI is InChI=1S/C16H25N5OS/c1-9(7-14-10(2)20-21(6)12(14)4)17-16(22)18-11(3)15-8-23-13(5)19-15/h8-9,11H,7H2,1-6H3,(H2,17,18,22). The number of amides is 2. The van der Waals surface area contributed by atoms with Crippen molar-refractivity contribution in [2.45, 2.75) is 53.1 Å². The van der Waals surface area contributed by atoms with Crippen LogP contribution in [0.5, 0.6) is 0 Å². The van der Waals surface area contributed by atoms with Crippen molar-refractivity contribution in [3.05, 3.63) is 33.0 Å². The third-order valence-corrected chi connectivity index (χ3v) is 4.77. The lowest BCUT2D eigenvalue weighted by Gasteiger charge is -2.17. The predicted molar refractivity (Wildman–Crippen MR) is 92.8 cm³/mol. The Morgan fingerprint density at radius 3 is 2.52 bits per heavy atom. The summed E-state index contributed by atoms with van der Waals surface area (Å²) in [5, 5.41) is 13.3. The molecule has 6 nitrogen and oxygen atoms in total. The van der Waals surface area contributed by atoms with Crippen molar-refractivity contribution in [2.75, 3.05) is 0 Å². The summed E-state index contributed by atoms with van der Waals surface area (Å²) in [6.45, 7) is 9.95. The van der Waals surface area contributed by atoms with E-state index in [-0.39, 0.29) is 18.1 Å². The SMILES string of the molecule is Cc1nc(C(C)NC(=O)NC(C)Cc2c(C)nn(C)c2C)cs1. The van der Waals surface area contributed by atoms with Crippen LogP contribution in [0.3, 0.4) is 0 Å². The Labute approximate surface area is 141 Å². The maximum Gasteiger partial charge on any atom is 0.315 e. The van der Waals surface area contributed by atoms with Crippen LogP contribution >= 0.6 is 11.3 Å². The topological polar surface area (TPSA) is 71.8 Å². The fourth-order valence-corrected chi connectivity index (χ4v) is 3.29. The van der Waals surface area contributed by atoms with Crippen LogP contribution in [0.2, 0.25) is 0 Å². The number of carbonyl (C=O) groups excluding carboxylic acids is 1. The maximum atomic E-state index is 12.1. The van der Waals surface area contributed by atoms with Crippen molar-refractivity contribution >= 4 is 17.4 Å². The van der Waals surface area contributed by atoms with Crippen LogP contribution in [-0.2, 0) is 13.5 Å². The molecule has 7 heteroatoms. The van der Waals surface area contributed by atoms with E-state index in [0.29, 0.717) is 0 Å². The normalized spacial score (nSPS) is 13.7. The largest absolute Gasteiger partial charge is 0.335 e. The highest BCUT2D eigenvalue weighted by atomic mass is 32.1. The average Bonchev–Trinajstić information content (AvgIpc) is 2.98. The fraction of sp³-hybridized carbons (Fsp3) is 0.562. The lowest BCUT2D eigenvalue weighted by molar-refractivity contribution is 0.234. The molecule has 2 heterocycles. The lowest BCUT2D eigenvalue weighted by atomic mass is 10.1. The Hall–Kier alpha value is -1.89. The summed E-state index contributed by atoms with van der Waals surface area (Å²) in [4.78, 5) is 16.5. The monoisotopic (exact) mass is 335 g/mol. The van der Waals surface area contributed by atoms with Crippen LogP contribution in [0.1, 0.15) is 47.5 Å². The third-order valence-electron chi connectivity index (χ3n) is 3.97. The van der Waals surface area contributed by atoms with Gasteiger partial charge in [-0.3, -0.25) is 4.68 Å². The van der Waals surface area contributed by atoms with Crippen LogP contribution in [0.4, 0.5) is 4.79 Å². The van der Waals surface area contributed by atoms with Crippen LogP contribution in [0, 0.1) is 20.8 Å². The second kappa shape index (κ2) is 7.12. The number of nitrogens with one attached hydrogen (secondary N) is 2. The number of rotatable bonds is 5. The zero-order chi connectivity index (χ0) is 17.1. The number of hydrogen-bond acceptors (Lipinski definition) is 4. The molecule has 0 saturated carbocycles. The number of carbonyl (C=O) groups is 1. The second-order valence-electron chi connectivity index (χ2n) is 6.01. The molecule has 2 unspecified atom stereocenters. The Kier molecular flexibility index (Phi) is 5.41. The number of thiazole rings is 1. The van der Waals surface area contributed by atoms with Crippen molar-refractivity contribution in [3.63, 3.8) is 0 Å². The molecule has 2 N–H and O–H groups in total. The molecule has 0 aromatic carbocycles. The molecule has 2 amide bonds. The van der Waals surface area contributed by atoms with E-state index in [1.807, 2.05) is 44.8 Å². The highest BCUT2D eigenvalue weighted by Gasteiger charge is 2.16. The highest BCUT2D eigenvalue weighted by Crippen LogP contribution is 2.16. The summed E-state index contributed by atoms with van der Waals surface area (Å²) < 4.78 is 1.88. The maximum absolute atomic E-state index is 12.1. The smallest absolute Gasteiger partial charge is 0.315 e. The van der Waals surface area contributed by atoms with Gasteiger partial charge in [0.05, 0.1) is 22.4 Å². The number of hydrogen-bond donors (Lipinski definition) is 2. The first-order valence-electron chi connectivity index (χ1n) is 7.76. The summed E-state index contributed by atoms with van der Waals surface area (Å²) in [5.41, 5.74) is 4.26. The average molecular weight is 335 g/mol. The number of aromatic nitrogens is 3. The Bertz CT molecular complexity index is 691. The first kappa shape index (κ1) is 17.5. The molecule has 0 saturated heterocycles. The highest BCUT2D eigenvalue weighted by molar-refractivity contribution is 7.09. The minimum absolute atomic E-state index is 0.0287. The molecule has 2 atom stereocenters. The molecule has 126 valence electrons. The molecular formula is C16H25N5OS. The number of urea groups is 1. The third kappa shape index (κ3) is 4.31. The van der Waals surface area contributed by atoms with Gasteiger partial charge in [0, 0.05) is 24.2 Å². The van der Waals surface area contributed by atoms with E-state index in [2.05, 4.69) is 27.6 Å². The van der Waals surface area contributed by atoms with Gasteiger partial charge in [-0.25, -0.2) is 9.78 Å². The first-order chi connectivity index (χ1) is 10.8. The van der Waals surface area contributed by atoms with Gasteiger partial charge in [0.2, 0.25) is 0 Å². The van der Waals surface area contributed by atoms with Gasteiger partial charge in [-0.1, -0.05) is 0 Å². The summed E-state index contributed by atoms with van der Waals surface area (Å²) in [6, 6.07) is -0.246. The molecule has 0 aliphatic heterocycles. The van der Waals surface area contributed by atoms with Crippen LogP contribution in [0.25, 0.3) is 0 Å². The summed E-state index contributed by atoms with van der Waals surface area (Å²) >= 11 is 1.59. The fourth-order valence-electron chi connectivity index (χ4n) is 2.59. The van der Waals surface area contributed by atoms with Crippen molar-refractivity contribution < 1.29 is 4.79 Å². The van der Waals surface area contributed by atoms with E-state index in [9.17, 15) is 4.79 Å². The zero-order valence-corrected chi connectivity index (χ0v) is 15.4. The van der Waals surface area contributed by atoms with Gasteiger partial charge in [-0.15, -0.1) is 11.3 Å². The van der Waals surface area contributed by atoms with E-state index < -0.39 is 0 Å². The predicted octanol–water partition coefficient (Wildman–Crippen LogP) is 2.79. The molecular weight excluding hydrogens is 310 g/mol. The van der Waals surface area contributed by atoms with Crippen molar-refractivity contribution in [1.82, 2.24) is 25.4 Å². The molecule has 2 aromatic heterocycles. The minimum Gasteiger partial charge on any atom is -0.335 e. The van der Waals surface area contributed by atoms with E-state index in [1.54, 1.807) is 11.3 Å². The van der Waals surface area contributed by atoms with Gasteiger partial charge in [0.15, 0.2) is 0 Å².